The fourth-order valence-corrected chi connectivity index (χ4v) is 1.56. The van der Waals surface area contributed by atoms with Gasteiger partial charge in [0.05, 0.1) is 0 Å². The number of hydrogen-bond acceptors (Lipinski definition) is 5. The number of anilines is 1. The van der Waals surface area contributed by atoms with Crippen LogP contribution >= 0.6 is 0 Å². The van der Waals surface area contributed by atoms with Crippen LogP contribution in [-0.2, 0) is 0 Å². The molecule has 102 valence electrons. The second-order valence-electron chi connectivity index (χ2n) is 4.62. The van der Waals surface area contributed by atoms with Crippen molar-refractivity contribution in [1.29, 1.82) is 0 Å². The smallest absolute Gasteiger partial charge is 0.342 e. The number of rotatable bonds is 3. The molecule has 19 heavy (non-hydrogen) atoms. The summed E-state index contributed by atoms with van der Waals surface area (Å²) < 4.78 is 2.97. The van der Waals surface area contributed by atoms with E-state index in [4.69, 9.17) is 0 Å². The van der Waals surface area contributed by atoms with E-state index in [1.807, 2.05) is 32.8 Å². The Balaban J connectivity index is 2.26. The first-order chi connectivity index (χ1) is 8.99. The lowest BCUT2D eigenvalue weighted by atomic mass is 10.4. The van der Waals surface area contributed by atoms with E-state index in [-0.39, 0.29) is 12.1 Å². The number of hydrogen-bond donors (Lipinski definition) is 1. The van der Waals surface area contributed by atoms with E-state index in [0.29, 0.717) is 11.8 Å². The average molecular weight is 263 g/mol. The lowest BCUT2D eigenvalue weighted by Crippen LogP contribution is -2.34. The third-order valence-corrected chi connectivity index (χ3v) is 2.37. The van der Waals surface area contributed by atoms with Gasteiger partial charge in [0.1, 0.15) is 6.33 Å². The Bertz CT molecular complexity index is 569. The normalized spacial score (nSPS) is 10.8. The van der Waals surface area contributed by atoms with Crippen LogP contribution in [-0.4, -0.2) is 50.7 Å². The van der Waals surface area contributed by atoms with Crippen molar-refractivity contribution in [3.63, 3.8) is 0 Å². The minimum Gasteiger partial charge on any atom is -0.347 e. The zero-order valence-corrected chi connectivity index (χ0v) is 11.4. The summed E-state index contributed by atoms with van der Waals surface area (Å²) in [6.45, 7) is 3.79. The van der Waals surface area contributed by atoms with E-state index < -0.39 is 0 Å². The maximum atomic E-state index is 11.8. The van der Waals surface area contributed by atoms with Gasteiger partial charge in [0, 0.05) is 32.4 Å². The number of aromatic nitrogens is 5. The molecule has 0 aliphatic heterocycles. The highest BCUT2D eigenvalue weighted by Gasteiger charge is 2.13. The second kappa shape index (κ2) is 5.09. The summed E-state index contributed by atoms with van der Waals surface area (Å²) in [5.74, 6) is 1.24. The Morgan fingerprint density at radius 1 is 1.42 bits per heavy atom. The predicted molar refractivity (Wildman–Crippen MR) is 70.5 cm³/mol. The molecule has 0 aromatic carbocycles. The maximum absolute atomic E-state index is 11.8. The third-order valence-electron chi connectivity index (χ3n) is 2.37. The molecule has 1 amide bonds. The number of nitrogens with zero attached hydrogens (tertiary/aromatic N) is 6. The molecule has 1 N–H and O–H groups in total. The van der Waals surface area contributed by atoms with E-state index in [9.17, 15) is 4.79 Å². The Morgan fingerprint density at radius 3 is 2.79 bits per heavy atom. The number of nitrogens with one attached hydrogen (secondary N) is 1. The number of amides is 1. The van der Waals surface area contributed by atoms with Crippen molar-refractivity contribution in [3.8, 4) is 5.82 Å². The first-order valence-corrected chi connectivity index (χ1v) is 5.93. The van der Waals surface area contributed by atoms with Gasteiger partial charge in [-0.25, -0.2) is 9.36 Å². The Kier molecular flexibility index (Phi) is 3.50. The van der Waals surface area contributed by atoms with E-state index in [2.05, 4.69) is 20.6 Å². The van der Waals surface area contributed by atoms with E-state index in [1.165, 1.54) is 4.68 Å². The van der Waals surface area contributed by atoms with Gasteiger partial charge in [-0.15, -0.1) is 15.3 Å². The minimum absolute atomic E-state index is 0.0624. The van der Waals surface area contributed by atoms with E-state index in [1.54, 1.807) is 23.2 Å². The molecule has 0 saturated heterocycles. The zero-order valence-electron chi connectivity index (χ0n) is 11.4. The molecule has 0 radical (unpaired) electrons. The van der Waals surface area contributed by atoms with Crippen molar-refractivity contribution >= 4 is 12.0 Å². The molecule has 2 aromatic rings. The molecule has 2 aromatic heterocycles. The van der Waals surface area contributed by atoms with Crippen LogP contribution in [0.25, 0.3) is 5.82 Å². The van der Waals surface area contributed by atoms with Gasteiger partial charge in [0.25, 0.3) is 0 Å². The SMILES string of the molecule is CC(C)NC(=O)n1ccc(-n2cnnc2N(C)C)n1. The number of carbonyl (C=O) groups excluding carboxylic acids is 1. The molecule has 0 unspecified atom stereocenters. The van der Waals surface area contributed by atoms with Gasteiger partial charge in [0.15, 0.2) is 5.82 Å². The van der Waals surface area contributed by atoms with Crippen LogP contribution in [0.15, 0.2) is 18.6 Å². The highest BCUT2D eigenvalue weighted by molar-refractivity contribution is 5.76. The fraction of sp³-hybridized carbons (Fsp3) is 0.455. The van der Waals surface area contributed by atoms with Gasteiger partial charge < -0.3 is 10.2 Å². The zero-order chi connectivity index (χ0) is 14.0. The van der Waals surface area contributed by atoms with Crippen LogP contribution in [0, 0.1) is 0 Å². The lowest BCUT2D eigenvalue weighted by molar-refractivity contribution is 0.237. The second-order valence-corrected chi connectivity index (χ2v) is 4.62. The molecule has 0 fully saturated rings. The molecular formula is C11H17N7O. The first-order valence-electron chi connectivity index (χ1n) is 5.93. The van der Waals surface area contributed by atoms with Gasteiger partial charge >= 0.3 is 6.03 Å². The maximum Gasteiger partial charge on any atom is 0.342 e. The van der Waals surface area contributed by atoms with Gasteiger partial charge in [-0.1, -0.05) is 0 Å². The van der Waals surface area contributed by atoms with Crippen molar-refractivity contribution in [2.75, 3.05) is 19.0 Å². The molecule has 0 saturated carbocycles. The molecule has 0 spiro atoms. The molecule has 0 atom stereocenters. The largest absolute Gasteiger partial charge is 0.347 e. The van der Waals surface area contributed by atoms with Crippen LogP contribution in [0.2, 0.25) is 0 Å². The Morgan fingerprint density at radius 2 is 2.16 bits per heavy atom. The average Bonchev–Trinajstić information content (AvgIpc) is 2.96. The predicted octanol–water partition coefficient (Wildman–Crippen LogP) is 0.496. The summed E-state index contributed by atoms with van der Waals surface area (Å²) in [7, 11) is 3.73. The summed E-state index contributed by atoms with van der Waals surface area (Å²) in [5.41, 5.74) is 0. The van der Waals surface area contributed by atoms with Crippen LogP contribution in [0.3, 0.4) is 0 Å². The van der Waals surface area contributed by atoms with Crippen LogP contribution in [0.5, 0.6) is 0 Å². The monoisotopic (exact) mass is 263 g/mol. The van der Waals surface area contributed by atoms with Crippen LogP contribution in [0.4, 0.5) is 10.7 Å². The van der Waals surface area contributed by atoms with E-state index >= 15 is 0 Å². The van der Waals surface area contributed by atoms with Crippen molar-refractivity contribution in [2.24, 2.45) is 0 Å². The highest BCUT2D eigenvalue weighted by atomic mass is 16.2. The Hall–Kier alpha value is -2.38. The van der Waals surface area contributed by atoms with Crippen molar-refractivity contribution in [1.82, 2.24) is 29.9 Å². The number of carbonyl (C=O) groups is 1. The summed E-state index contributed by atoms with van der Waals surface area (Å²) in [6, 6.07) is 1.53. The van der Waals surface area contributed by atoms with Crippen molar-refractivity contribution in [3.05, 3.63) is 18.6 Å². The quantitative estimate of drug-likeness (QED) is 0.872. The first kappa shape index (κ1) is 13.1. The molecule has 0 aliphatic carbocycles. The van der Waals surface area contributed by atoms with Gasteiger partial charge in [-0.05, 0) is 13.8 Å². The third kappa shape index (κ3) is 2.72. The standard InChI is InChI=1S/C11H17N7O/c1-8(2)13-11(19)18-6-5-9(15-18)17-7-12-14-10(17)16(3)4/h5-8H,1-4H3,(H,13,19). The van der Waals surface area contributed by atoms with Crippen LogP contribution in [0.1, 0.15) is 13.8 Å². The van der Waals surface area contributed by atoms with Gasteiger partial charge in [0.2, 0.25) is 5.95 Å². The molecule has 0 bridgehead atoms. The fourth-order valence-electron chi connectivity index (χ4n) is 1.56. The molecule has 2 heterocycles. The molecule has 2 rings (SSSR count). The highest BCUT2D eigenvalue weighted by Crippen LogP contribution is 2.12. The lowest BCUT2D eigenvalue weighted by Gasteiger charge is -2.11. The molecule has 8 nitrogen and oxygen atoms in total. The van der Waals surface area contributed by atoms with Gasteiger partial charge in [-0.3, -0.25) is 0 Å². The van der Waals surface area contributed by atoms with E-state index in [0.717, 1.165) is 0 Å². The molecule has 0 aliphatic rings. The van der Waals surface area contributed by atoms with Crippen LogP contribution < -0.4 is 10.2 Å². The Labute approximate surface area is 111 Å². The summed E-state index contributed by atoms with van der Waals surface area (Å²) in [4.78, 5) is 13.6. The summed E-state index contributed by atoms with van der Waals surface area (Å²) in [5, 5.41) is 14.8. The van der Waals surface area contributed by atoms with Crippen molar-refractivity contribution < 1.29 is 4.79 Å². The summed E-state index contributed by atoms with van der Waals surface area (Å²) >= 11 is 0. The summed E-state index contributed by atoms with van der Waals surface area (Å²) in [6.07, 6.45) is 3.16. The van der Waals surface area contributed by atoms with Crippen molar-refractivity contribution in [2.45, 2.75) is 19.9 Å². The molecule has 8 heteroatoms. The minimum atomic E-state index is -0.263. The van der Waals surface area contributed by atoms with Gasteiger partial charge in [-0.2, -0.15) is 4.68 Å². The topological polar surface area (TPSA) is 80.9 Å². The molecular weight excluding hydrogens is 246 g/mol.